The van der Waals surface area contributed by atoms with Gasteiger partial charge < -0.3 is 0 Å². The zero-order valence-electron chi connectivity index (χ0n) is 10.6. The van der Waals surface area contributed by atoms with Gasteiger partial charge in [-0.25, -0.2) is 8.42 Å². The molecule has 0 saturated carbocycles. The van der Waals surface area contributed by atoms with Crippen molar-refractivity contribution in [1.29, 1.82) is 0 Å². The van der Waals surface area contributed by atoms with E-state index < -0.39 is 17.9 Å². The lowest BCUT2D eigenvalue weighted by Crippen LogP contribution is -2.28. The molecule has 0 N–H and O–H groups in total. The van der Waals surface area contributed by atoms with Gasteiger partial charge in [-0.1, -0.05) is 50.0 Å². The molecule has 0 spiro atoms. The summed E-state index contributed by atoms with van der Waals surface area (Å²) in [5.41, 5.74) is 0.744. The van der Waals surface area contributed by atoms with Gasteiger partial charge in [0.15, 0.2) is 0 Å². The minimum atomic E-state index is -3.33. The number of rotatable bonds is 2. The van der Waals surface area contributed by atoms with Crippen LogP contribution >= 0.6 is 15.9 Å². The second-order valence-electron chi connectivity index (χ2n) is 5.31. The Labute approximate surface area is 117 Å². The largest absolute Gasteiger partial charge is 0.219 e. The zero-order valence-corrected chi connectivity index (χ0v) is 14.0. The highest BCUT2D eigenvalue weighted by Crippen LogP contribution is 2.42. The molecule has 0 radical (unpaired) electrons. The van der Waals surface area contributed by atoms with Crippen LogP contribution in [0.1, 0.15) is 5.56 Å². The molecule has 96 valence electrons. The van der Waals surface area contributed by atoms with E-state index in [-0.39, 0.29) is 0 Å². The van der Waals surface area contributed by atoms with E-state index in [1.54, 1.807) is 6.08 Å². The van der Waals surface area contributed by atoms with Gasteiger partial charge in [-0.15, -0.1) is 0 Å². The zero-order chi connectivity index (χ0) is 13.6. The first-order valence-electron chi connectivity index (χ1n) is 5.67. The highest BCUT2D eigenvalue weighted by atomic mass is 79.9. The molecule has 0 fully saturated rings. The molecule has 0 aliphatic carbocycles. The summed E-state index contributed by atoms with van der Waals surface area (Å²) in [6.45, 7) is 6.14. The van der Waals surface area contributed by atoms with Gasteiger partial charge in [-0.3, -0.25) is 0 Å². The quantitative estimate of drug-likeness (QED) is 0.762. The van der Waals surface area contributed by atoms with Gasteiger partial charge in [-0.05, 0) is 27.6 Å². The monoisotopic (exact) mass is 342 g/mol. The fourth-order valence-corrected chi connectivity index (χ4v) is 8.82. The van der Waals surface area contributed by atoms with Gasteiger partial charge in [0.1, 0.15) is 0 Å². The van der Waals surface area contributed by atoms with Gasteiger partial charge in [0, 0.05) is 9.01 Å². The lowest BCUT2D eigenvalue weighted by Gasteiger charge is -2.18. The molecule has 0 bridgehead atoms. The fourth-order valence-electron chi connectivity index (χ4n) is 2.00. The molecular formula is C13H15BrO2SSi. The van der Waals surface area contributed by atoms with Crippen molar-refractivity contribution in [1.82, 2.24) is 0 Å². The maximum absolute atomic E-state index is 12.6. The molecule has 18 heavy (non-hydrogen) atoms. The van der Waals surface area contributed by atoms with Crippen molar-refractivity contribution in [2.24, 2.45) is 0 Å². The highest BCUT2D eigenvalue weighted by Gasteiger charge is 2.39. The summed E-state index contributed by atoms with van der Waals surface area (Å²) >= 11 is 3.40. The van der Waals surface area contributed by atoms with Crippen molar-refractivity contribution in [3.63, 3.8) is 0 Å². The van der Waals surface area contributed by atoms with Crippen LogP contribution in [0.2, 0.25) is 19.6 Å². The Morgan fingerprint density at radius 2 is 1.61 bits per heavy atom. The van der Waals surface area contributed by atoms with E-state index in [2.05, 4.69) is 15.9 Å². The van der Waals surface area contributed by atoms with Crippen molar-refractivity contribution in [2.75, 3.05) is 0 Å². The molecule has 0 saturated heterocycles. The van der Waals surface area contributed by atoms with Crippen molar-refractivity contribution in [3.8, 4) is 0 Å². The van der Waals surface area contributed by atoms with Crippen LogP contribution < -0.4 is 0 Å². The lowest BCUT2D eigenvalue weighted by atomic mass is 10.2. The first kappa shape index (κ1) is 13.8. The van der Waals surface area contributed by atoms with E-state index in [9.17, 15) is 8.42 Å². The Balaban J connectivity index is 2.60. The molecule has 5 heteroatoms. The fraction of sp³-hybridized carbons (Fsp3) is 0.231. The summed E-state index contributed by atoms with van der Waals surface area (Å²) in [5, 5.41) is 0. The molecule has 1 aromatic rings. The SMILES string of the molecule is C[Si](C)(C)C1=CC(Br)=C(c2ccccc2)S1(=O)=O. The molecule has 0 atom stereocenters. The number of halogens is 1. The van der Waals surface area contributed by atoms with Gasteiger partial charge in [0.05, 0.1) is 13.0 Å². The van der Waals surface area contributed by atoms with E-state index in [1.807, 2.05) is 50.0 Å². The molecule has 1 aliphatic heterocycles. The smallest absolute Gasteiger partial charge is 0.200 e. The molecule has 1 heterocycles. The summed E-state index contributed by atoms with van der Waals surface area (Å²) in [7, 11) is -5.21. The topological polar surface area (TPSA) is 34.1 Å². The average molecular weight is 343 g/mol. The van der Waals surface area contributed by atoms with Crippen LogP contribution in [-0.2, 0) is 9.84 Å². The van der Waals surface area contributed by atoms with Crippen molar-refractivity contribution < 1.29 is 8.42 Å². The van der Waals surface area contributed by atoms with Crippen LogP contribution in [0.25, 0.3) is 4.91 Å². The maximum atomic E-state index is 12.6. The summed E-state index contributed by atoms with van der Waals surface area (Å²) in [5.74, 6) is 0. The van der Waals surface area contributed by atoms with Crippen molar-refractivity contribution >= 4 is 38.7 Å². The molecule has 0 unspecified atom stereocenters. The molecule has 1 aliphatic rings. The highest BCUT2D eigenvalue weighted by molar-refractivity contribution is 9.12. The third kappa shape index (κ3) is 2.26. The number of allylic oxidation sites excluding steroid dienone is 2. The maximum Gasteiger partial charge on any atom is 0.200 e. The average Bonchev–Trinajstić information content (AvgIpc) is 2.49. The van der Waals surface area contributed by atoms with Crippen molar-refractivity contribution in [3.05, 3.63) is 51.0 Å². The van der Waals surface area contributed by atoms with Crippen LogP contribution in [0.5, 0.6) is 0 Å². The minimum absolute atomic E-state index is 0.403. The Morgan fingerprint density at radius 3 is 2.06 bits per heavy atom. The van der Waals surface area contributed by atoms with Crippen molar-refractivity contribution in [2.45, 2.75) is 19.6 Å². The number of benzene rings is 1. The number of hydrogen-bond acceptors (Lipinski definition) is 2. The normalized spacial score (nSPS) is 19.0. The van der Waals surface area contributed by atoms with Crippen LogP contribution in [0.4, 0.5) is 0 Å². The number of sulfone groups is 1. The molecule has 0 amide bonds. The standard InChI is InChI=1S/C13H15BrO2SSi/c1-18(2,3)12-9-11(14)13(17(12,15)16)10-7-5-4-6-8-10/h4-9H,1-3H3. The molecule has 0 aromatic heterocycles. The third-order valence-corrected chi connectivity index (χ3v) is 9.65. The first-order valence-corrected chi connectivity index (χ1v) is 11.4. The summed E-state index contributed by atoms with van der Waals surface area (Å²) in [6.07, 6.45) is 1.78. The van der Waals surface area contributed by atoms with Crippen LogP contribution in [0.15, 0.2) is 45.4 Å². The summed E-state index contributed by atoms with van der Waals surface area (Å²) in [4.78, 5) is 0.403. The van der Waals surface area contributed by atoms with E-state index >= 15 is 0 Å². The second kappa shape index (κ2) is 4.47. The second-order valence-corrected chi connectivity index (χ2v) is 13.4. The Hall–Kier alpha value is -0.653. The van der Waals surface area contributed by atoms with Crippen LogP contribution in [-0.4, -0.2) is 16.5 Å². The molecule has 2 rings (SSSR count). The summed E-state index contributed by atoms with van der Waals surface area (Å²) in [6, 6.07) is 9.24. The predicted octanol–water partition coefficient (Wildman–Crippen LogP) is 3.94. The lowest BCUT2D eigenvalue weighted by molar-refractivity contribution is 0.613. The van der Waals surface area contributed by atoms with Gasteiger partial charge in [-0.2, -0.15) is 0 Å². The van der Waals surface area contributed by atoms with Gasteiger partial charge in [0.25, 0.3) is 0 Å². The van der Waals surface area contributed by atoms with E-state index in [0.717, 1.165) is 5.56 Å². The molecule has 1 aromatic carbocycles. The van der Waals surface area contributed by atoms with Gasteiger partial charge in [0.2, 0.25) is 9.84 Å². The summed E-state index contributed by atoms with van der Waals surface area (Å²) < 4.78 is 26.5. The Morgan fingerprint density at radius 1 is 1.06 bits per heavy atom. The van der Waals surface area contributed by atoms with Gasteiger partial charge >= 0.3 is 0 Å². The van der Waals surface area contributed by atoms with Crippen LogP contribution in [0.3, 0.4) is 0 Å². The van der Waals surface area contributed by atoms with E-state index in [1.165, 1.54) is 0 Å². The Bertz CT molecular complexity index is 637. The molecule has 2 nitrogen and oxygen atoms in total. The first-order chi connectivity index (χ1) is 8.24. The third-order valence-electron chi connectivity index (χ3n) is 2.81. The van der Waals surface area contributed by atoms with Crippen LogP contribution in [0, 0.1) is 0 Å². The Kier molecular flexibility index (Phi) is 3.42. The molecular weight excluding hydrogens is 328 g/mol. The minimum Gasteiger partial charge on any atom is -0.219 e. The van der Waals surface area contributed by atoms with E-state index in [4.69, 9.17) is 0 Å². The number of hydrogen-bond donors (Lipinski definition) is 0. The van der Waals surface area contributed by atoms with E-state index in [0.29, 0.717) is 13.9 Å². The predicted molar refractivity (Wildman–Crippen MR) is 82.6 cm³/mol.